The quantitative estimate of drug-likeness (QED) is 0.611. The number of hydrogen-bond donors (Lipinski definition) is 0. The lowest BCUT2D eigenvalue weighted by atomic mass is 10.1. The van der Waals surface area contributed by atoms with Crippen LogP contribution in [0.1, 0.15) is 39.0 Å². The number of likely N-dealkylation sites (N-methyl/N-ethyl adjacent to an activating group) is 1. The summed E-state index contributed by atoms with van der Waals surface area (Å²) in [5.41, 5.74) is 2.10. The summed E-state index contributed by atoms with van der Waals surface area (Å²) in [7, 11) is 4.57. The minimum atomic E-state index is -0.480. The topological polar surface area (TPSA) is 68.6 Å². The average Bonchev–Trinajstić information content (AvgIpc) is 2.59. The molecular formula is C14H20N2O4. The Morgan fingerprint density at radius 1 is 1.25 bits per heavy atom. The minimum Gasteiger partial charge on any atom is -0.464 e. The standard InChI is InChI=1S/C14H20N2O4/c1-8-12(11(18)7-15(4)10(3)17)9(2)16(5)13(8)14(19)20-6/h7H2,1-6H3. The fourth-order valence-electron chi connectivity index (χ4n) is 2.18. The van der Waals surface area contributed by atoms with Crippen LogP contribution < -0.4 is 0 Å². The Morgan fingerprint density at radius 2 is 1.80 bits per heavy atom. The maximum Gasteiger partial charge on any atom is 0.354 e. The Labute approximate surface area is 118 Å². The molecule has 6 nitrogen and oxygen atoms in total. The molecule has 1 heterocycles. The van der Waals surface area contributed by atoms with Crippen molar-refractivity contribution in [1.82, 2.24) is 9.47 Å². The van der Waals surface area contributed by atoms with Crippen LogP contribution in [-0.4, -0.2) is 47.8 Å². The Balaban J connectivity index is 3.23. The first-order valence-corrected chi connectivity index (χ1v) is 6.21. The maximum absolute atomic E-state index is 12.3. The number of carbonyl (C=O) groups excluding carboxylic acids is 3. The molecule has 110 valence electrons. The number of amides is 1. The molecule has 0 aliphatic heterocycles. The summed E-state index contributed by atoms with van der Waals surface area (Å²) < 4.78 is 6.37. The molecule has 0 radical (unpaired) electrons. The monoisotopic (exact) mass is 280 g/mol. The number of nitrogens with zero attached hydrogens (tertiary/aromatic N) is 2. The molecule has 1 amide bonds. The summed E-state index contributed by atoms with van der Waals surface area (Å²) in [6, 6.07) is 0. The molecule has 0 saturated heterocycles. The highest BCUT2D eigenvalue weighted by Gasteiger charge is 2.25. The lowest BCUT2D eigenvalue weighted by Gasteiger charge is -2.13. The van der Waals surface area contributed by atoms with Gasteiger partial charge in [0.1, 0.15) is 5.69 Å². The third-order valence-corrected chi connectivity index (χ3v) is 3.51. The summed E-state index contributed by atoms with van der Waals surface area (Å²) >= 11 is 0. The average molecular weight is 280 g/mol. The van der Waals surface area contributed by atoms with Crippen LogP contribution in [0.3, 0.4) is 0 Å². The van der Waals surface area contributed by atoms with Gasteiger partial charge in [0.25, 0.3) is 0 Å². The molecule has 0 aliphatic rings. The lowest BCUT2D eigenvalue weighted by molar-refractivity contribution is -0.127. The van der Waals surface area contributed by atoms with Crippen molar-refractivity contribution in [1.29, 1.82) is 0 Å². The number of aromatic nitrogens is 1. The molecular weight excluding hydrogens is 260 g/mol. The van der Waals surface area contributed by atoms with Gasteiger partial charge in [-0.1, -0.05) is 0 Å². The summed E-state index contributed by atoms with van der Waals surface area (Å²) in [6.45, 7) is 4.86. The molecule has 0 bridgehead atoms. The first-order chi connectivity index (χ1) is 9.22. The normalized spacial score (nSPS) is 10.3. The number of methoxy groups -OCH3 is 1. The van der Waals surface area contributed by atoms with E-state index in [2.05, 4.69) is 0 Å². The number of carbonyl (C=O) groups is 3. The van der Waals surface area contributed by atoms with Crippen molar-refractivity contribution >= 4 is 17.7 Å². The van der Waals surface area contributed by atoms with Gasteiger partial charge in [-0.25, -0.2) is 4.79 Å². The van der Waals surface area contributed by atoms with Gasteiger partial charge >= 0.3 is 5.97 Å². The molecule has 1 aromatic rings. The van der Waals surface area contributed by atoms with Crippen LogP contribution in [0.2, 0.25) is 0 Å². The van der Waals surface area contributed by atoms with Crippen LogP contribution in [0.5, 0.6) is 0 Å². The van der Waals surface area contributed by atoms with Crippen molar-refractivity contribution < 1.29 is 19.1 Å². The third kappa shape index (κ3) is 2.74. The van der Waals surface area contributed by atoms with E-state index in [0.29, 0.717) is 22.5 Å². The van der Waals surface area contributed by atoms with Gasteiger partial charge in [0.15, 0.2) is 5.78 Å². The second-order valence-corrected chi connectivity index (χ2v) is 4.78. The van der Waals surface area contributed by atoms with Crippen molar-refractivity contribution in [2.75, 3.05) is 20.7 Å². The van der Waals surface area contributed by atoms with E-state index in [1.165, 1.54) is 18.9 Å². The molecule has 0 fully saturated rings. The predicted octanol–water partition coefficient (Wildman–Crippen LogP) is 1.09. The first kappa shape index (κ1) is 15.9. The Hall–Kier alpha value is -2.11. The van der Waals surface area contributed by atoms with Gasteiger partial charge in [-0.15, -0.1) is 0 Å². The molecule has 1 rings (SSSR count). The van der Waals surface area contributed by atoms with Gasteiger partial charge in [0.2, 0.25) is 5.91 Å². The van der Waals surface area contributed by atoms with E-state index in [4.69, 9.17) is 4.74 Å². The largest absolute Gasteiger partial charge is 0.464 e. The van der Waals surface area contributed by atoms with Gasteiger partial charge in [-0.3, -0.25) is 9.59 Å². The highest BCUT2D eigenvalue weighted by atomic mass is 16.5. The van der Waals surface area contributed by atoms with E-state index in [0.717, 1.165) is 0 Å². The van der Waals surface area contributed by atoms with Crippen molar-refractivity contribution in [2.24, 2.45) is 7.05 Å². The van der Waals surface area contributed by atoms with E-state index in [1.807, 2.05) is 0 Å². The fourth-order valence-corrected chi connectivity index (χ4v) is 2.18. The van der Waals surface area contributed by atoms with Gasteiger partial charge in [0.05, 0.1) is 13.7 Å². The maximum atomic E-state index is 12.3. The summed E-state index contributed by atoms with van der Waals surface area (Å²) in [6.07, 6.45) is 0. The van der Waals surface area contributed by atoms with Gasteiger partial charge in [0, 0.05) is 32.3 Å². The zero-order chi connectivity index (χ0) is 15.6. The Kier molecular flexibility index (Phi) is 4.70. The van der Waals surface area contributed by atoms with Crippen LogP contribution in [0.25, 0.3) is 0 Å². The van der Waals surface area contributed by atoms with Crippen LogP contribution in [0, 0.1) is 13.8 Å². The van der Waals surface area contributed by atoms with Crippen molar-refractivity contribution in [3.63, 3.8) is 0 Å². The van der Waals surface area contributed by atoms with E-state index < -0.39 is 5.97 Å². The molecule has 1 aromatic heterocycles. The molecule has 0 saturated carbocycles. The lowest BCUT2D eigenvalue weighted by Crippen LogP contribution is -2.30. The first-order valence-electron chi connectivity index (χ1n) is 6.21. The van der Waals surface area contributed by atoms with Crippen LogP contribution in [0.4, 0.5) is 0 Å². The predicted molar refractivity (Wildman–Crippen MR) is 73.9 cm³/mol. The Bertz CT molecular complexity index is 572. The van der Waals surface area contributed by atoms with Crippen LogP contribution in [-0.2, 0) is 16.6 Å². The number of rotatable bonds is 4. The van der Waals surface area contributed by atoms with Crippen molar-refractivity contribution in [2.45, 2.75) is 20.8 Å². The number of hydrogen-bond acceptors (Lipinski definition) is 4. The highest BCUT2D eigenvalue weighted by molar-refractivity contribution is 6.04. The smallest absolute Gasteiger partial charge is 0.354 e. The second kappa shape index (κ2) is 5.90. The zero-order valence-corrected chi connectivity index (χ0v) is 12.7. The second-order valence-electron chi connectivity index (χ2n) is 4.78. The molecule has 0 atom stereocenters. The minimum absolute atomic E-state index is 0.0123. The third-order valence-electron chi connectivity index (χ3n) is 3.51. The molecule has 0 aliphatic carbocycles. The number of ether oxygens (including phenoxy) is 1. The zero-order valence-electron chi connectivity index (χ0n) is 12.7. The SMILES string of the molecule is COC(=O)c1c(C)c(C(=O)CN(C)C(C)=O)c(C)n1C. The van der Waals surface area contributed by atoms with E-state index >= 15 is 0 Å². The molecule has 0 unspecified atom stereocenters. The highest BCUT2D eigenvalue weighted by Crippen LogP contribution is 2.22. The van der Waals surface area contributed by atoms with E-state index in [9.17, 15) is 14.4 Å². The molecule has 6 heteroatoms. The number of esters is 1. The number of Topliss-reactive ketones (excluding diaryl/α,β-unsaturated/α-hetero) is 1. The Morgan fingerprint density at radius 3 is 2.25 bits per heavy atom. The number of ketones is 1. The van der Waals surface area contributed by atoms with Gasteiger partial charge in [-0.05, 0) is 19.4 Å². The molecule has 20 heavy (non-hydrogen) atoms. The summed E-state index contributed by atoms with van der Waals surface area (Å²) in [5.74, 6) is -0.853. The van der Waals surface area contributed by atoms with Crippen molar-refractivity contribution in [3.8, 4) is 0 Å². The fraction of sp³-hybridized carbons (Fsp3) is 0.500. The van der Waals surface area contributed by atoms with Gasteiger partial charge < -0.3 is 14.2 Å². The van der Waals surface area contributed by atoms with E-state index in [1.54, 1.807) is 32.5 Å². The summed E-state index contributed by atoms with van der Waals surface area (Å²) in [4.78, 5) is 36.6. The summed E-state index contributed by atoms with van der Waals surface area (Å²) in [5, 5.41) is 0. The molecule has 0 aromatic carbocycles. The van der Waals surface area contributed by atoms with Crippen LogP contribution in [0.15, 0.2) is 0 Å². The van der Waals surface area contributed by atoms with Crippen LogP contribution >= 0.6 is 0 Å². The van der Waals surface area contributed by atoms with Gasteiger partial charge in [-0.2, -0.15) is 0 Å². The van der Waals surface area contributed by atoms with E-state index in [-0.39, 0.29) is 18.2 Å². The molecule has 0 spiro atoms. The van der Waals surface area contributed by atoms with Crippen molar-refractivity contribution in [3.05, 3.63) is 22.5 Å². The molecule has 0 N–H and O–H groups in total.